The SMILES string of the molecule is CCCCC(CC)COCc1nc(N)c2cnn(C)c2n1. The maximum absolute atomic E-state index is 5.93. The third kappa shape index (κ3) is 3.91. The summed E-state index contributed by atoms with van der Waals surface area (Å²) in [6, 6.07) is 0. The minimum atomic E-state index is 0.397. The van der Waals surface area contributed by atoms with Crippen molar-refractivity contribution in [3.63, 3.8) is 0 Å². The molecule has 1 atom stereocenters. The number of hydrogen-bond donors (Lipinski definition) is 1. The Morgan fingerprint density at radius 3 is 2.86 bits per heavy atom. The van der Waals surface area contributed by atoms with Crippen molar-refractivity contribution in [1.82, 2.24) is 19.7 Å². The van der Waals surface area contributed by atoms with Gasteiger partial charge < -0.3 is 10.5 Å². The first-order chi connectivity index (χ1) is 10.2. The fourth-order valence-electron chi connectivity index (χ4n) is 2.37. The molecule has 0 aliphatic heterocycles. The van der Waals surface area contributed by atoms with Gasteiger partial charge in [0.2, 0.25) is 0 Å². The van der Waals surface area contributed by atoms with Gasteiger partial charge in [-0.15, -0.1) is 0 Å². The van der Waals surface area contributed by atoms with Gasteiger partial charge in [-0.25, -0.2) is 9.97 Å². The Bertz CT molecular complexity index is 581. The molecule has 0 aliphatic rings. The number of nitrogen functional groups attached to an aromatic ring is 1. The van der Waals surface area contributed by atoms with E-state index in [1.807, 2.05) is 7.05 Å². The number of fused-ring (bicyclic) bond motifs is 1. The lowest BCUT2D eigenvalue weighted by Crippen LogP contribution is -2.11. The average molecular weight is 291 g/mol. The second-order valence-electron chi connectivity index (χ2n) is 5.46. The van der Waals surface area contributed by atoms with Crippen LogP contribution in [0.25, 0.3) is 11.0 Å². The van der Waals surface area contributed by atoms with Crippen molar-refractivity contribution in [3.05, 3.63) is 12.0 Å². The highest BCUT2D eigenvalue weighted by Crippen LogP contribution is 2.17. The van der Waals surface area contributed by atoms with Crippen LogP contribution in [0.3, 0.4) is 0 Å². The van der Waals surface area contributed by atoms with E-state index in [0.29, 0.717) is 24.2 Å². The van der Waals surface area contributed by atoms with Gasteiger partial charge in [-0.3, -0.25) is 4.68 Å². The third-order valence-corrected chi connectivity index (χ3v) is 3.80. The third-order valence-electron chi connectivity index (χ3n) is 3.80. The molecule has 2 aromatic heterocycles. The zero-order chi connectivity index (χ0) is 15.2. The lowest BCUT2D eigenvalue weighted by atomic mass is 10.0. The van der Waals surface area contributed by atoms with E-state index < -0.39 is 0 Å². The summed E-state index contributed by atoms with van der Waals surface area (Å²) < 4.78 is 7.48. The lowest BCUT2D eigenvalue weighted by molar-refractivity contribution is 0.0779. The molecule has 1 unspecified atom stereocenters. The molecule has 116 valence electrons. The van der Waals surface area contributed by atoms with Crippen LogP contribution in [0.4, 0.5) is 5.82 Å². The number of unbranched alkanes of at least 4 members (excludes halogenated alkanes) is 1. The first-order valence-corrected chi connectivity index (χ1v) is 7.67. The second kappa shape index (κ2) is 7.36. The minimum absolute atomic E-state index is 0.397. The quantitative estimate of drug-likeness (QED) is 0.809. The molecule has 6 heteroatoms. The molecule has 2 aromatic rings. The lowest BCUT2D eigenvalue weighted by Gasteiger charge is -2.14. The summed E-state index contributed by atoms with van der Waals surface area (Å²) >= 11 is 0. The van der Waals surface area contributed by atoms with Gasteiger partial charge in [-0.2, -0.15) is 5.10 Å². The van der Waals surface area contributed by atoms with E-state index in [0.717, 1.165) is 24.1 Å². The Hall–Kier alpha value is -1.69. The highest BCUT2D eigenvalue weighted by atomic mass is 16.5. The highest BCUT2D eigenvalue weighted by molar-refractivity contribution is 5.84. The molecular formula is C15H25N5O. The molecular weight excluding hydrogens is 266 g/mol. The van der Waals surface area contributed by atoms with E-state index in [1.165, 1.54) is 19.3 Å². The van der Waals surface area contributed by atoms with Crippen molar-refractivity contribution < 1.29 is 4.74 Å². The molecule has 0 spiro atoms. The molecule has 0 saturated heterocycles. The summed E-state index contributed by atoms with van der Waals surface area (Å²) in [5.74, 6) is 1.70. The molecule has 0 fully saturated rings. The van der Waals surface area contributed by atoms with E-state index in [9.17, 15) is 0 Å². The highest BCUT2D eigenvalue weighted by Gasteiger charge is 2.10. The first-order valence-electron chi connectivity index (χ1n) is 7.67. The summed E-state index contributed by atoms with van der Waals surface area (Å²) in [4.78, 5) is 8.75. The summed E-state index contributed by atoms with van der Waals surface area (Å²) in [5, 5.41) is 4.93. The molecule has 0 radical (unpaired) electrons. The Morgan fingerprint density at radius 1 is 1.33 bits per heavy atom. The van der Waals surface area contributed by atoms with Crippen LogP contribution in [-0.2, 0) is 18.4 Å². The summed E-state index contributed by atoms with van der Waals surface area (Å²) in [7, 11) is 1.84. The molecule has 0 saturated carbocycles. The molecule has 2 N–H and O–H groups in total. The molecule has 0 aliphatic carbocycles. The van der Waals surface area contributed by atoms with Gasteiger partial charge in [0.25, 0.3) is 0 Å². The van der Waals surface area contributed by atoms with Crippen molar-refractivity contribution in [2.45, 2.75) is 46.1 Å². The molecule has 21 heavy (non-hydrogen) atoms. The van der Waals surface area contributed by atoms with Crippen molar-refractivity contribution in [1.29, 1.82) is 0 Å². The van der Waals surface area contributed by atoms with Gasteiger partial charge in [0, 0.05) is 13.7 Å². The summed E-state index contributed by atoms with van der Waals surface area (Å²) in [6.45, 7) is 5.57. The van der Waals surface area contributed by atoms with Gasteiger partial charge in [0.1, 0.15) is 12.4 Å². The molecule has 0 bridgehead atoms. The van der Waals surface area contributed by atoms with Crippen LogP contribution in [0.2, 0.25) is 0 Å². The topological polar surface area (TPSA) is 78.9 Å². The Morgan fingerprint density at radius 2 is 2.14 bits per heavy atom. The van der Waals surface area contributed by atoms with Crippen LogP contribution < -0.4 is 5.73 Å². The van der Waals surface area contributed by atoms with Crippen molar-refractivity contribution in [3.8, 4) is 0 Å². The molecule has 2 rings (SSSR count). The fourth-order valence-corrected chi connectivity index (χ4v) is 2.37. The normalized spacial score (nSPS) is 12.9. The molecule has 6 nitrogen and oxygen atoms in total. The van der Waals surface area contributed by atoms with Gasteiger partial charge >= 0.3 is 0 Å². The van der Waals surface area contributed by atoms with E-state index in [-0.39, 0.29) is 0 Å². The van der Waals surface area contributed by atoms with Crippen molar-refractivity contribution in [2.24, 2.45) is 13.0 Å². The second-order valence-corrected chi connectivity index (χ2v) is 5.46. The van der Waals surface area contributed by atoms with Gasteiger partial charge in [0.05, 0.1) is 11.6 Å². The molecule has 2 heterocycles. The van der Waals surface area contributed by atoms with Crippen molar-refractivity contribution in [2.75, 3.05) is 12.3 Å². The zero-order valence-corrected chi connectivity index (χ0v) is 13.2. The molecule has 0 aromatic carbocycles. The van der Waals surface area contributed by atoms with E-state index in [1.54, 1.807) is 10.9 Å². The Labute approximate surface area is 125 Å². The predicted molar refractivity (Wildman–Crippen MR) is 83.7 cm³/mol. The number of ether oxygens (including phenoxy) is 1. The molecule has 0 amide bonds. The average Bonchev–Trinajstić information content (AvgIpc) is 2.85. The summed E-state index contributed by atoms with van der Waals surface area (Å²) in [5.41, 5.74) is 6.68. The Kier molecular flexibility index (Phi) is 5.50. The van der Waals surface area contributed by atoms with E-state index >= 15 is 0 Å². The minimum Gasteiger partial charge on any atom is -0.383 e. The standard InChI is InChI=1S/C15H25N5O/c1-4-6-7-11(5-2)9-21-10-13-18-14(16)12-8-17-20(3)15(12)19-13/h8,11H,4-7,9-10H2,1-3H3,(H2,16,18,19). The maximum atomic E-state index is 5.93. The number of nitrogens with zero attached hydrogens (tertiary/aromatic N) is 4. The van der Waals surface area contributed by atoms with Gasteiger partial charge in [-0.05, 0) is 12.3 Å². The summed E-state index contributed by atoms with van der Waals surface area (Å²) in [6.07, 6.45) is 6.54. The smallest absolute Gasteiger partial charge is 0.163 e. The van der Waals surface area contributed by atoms with Crippen LogP contribution in [0.5, 0.6) is 0 Å². The van der Waals surface area contributed by atoms with Gasteiger partial charge in [-0.1, -0.05) is 33.1 Å². The predicted octanol–water partition coefficient (Wildman–Crippen LogP) is 2.68. The Balaban J connectivity index is 1.95. The largest absolute Gasteiger partial charge is 0.383 e. The number of rotatable bonds is 8. The van der Waals surface area contributed by atoms with Crippen LogP contribution in [0.1, 0.15) is 45.4 Å². The van der Waals surface area contributed by atoms with E-state index in [4.69, 9.17) is 10.5 Å². The zero-order valence-electron chi connectivity index (χ0n) is 13.2. The van der Waals surface area contributed by atoms with Crippen molar-refractivity contribution >= 4 is 16.9 Å². The first kappa shape index (κ1) is 15.7. The van der Waals surface area contributed by atoms with Gasteiger partial charge in [0.15, 0.2) is 11.5 Å². The number of aromatic nitrogens is 4. The fraction of sp³-hybridized carbons (Fsp3) is 0.667. The monoisotopic (exact) mass is 291 g/mol. The maximum Gasteiger partial charge on any atom is 0.163 e. The van der Waals surface area contributed by atoms with E-state index in [2.05, 4.69) is 28.9 Å². The van der Waals surface area contributed by atoms with Crippen LogP contribution in [-0.4, -0.2) is 26.4 Å². The van der Waals surface area contributed by atoms with Crippen LogP contribution in [0, 0.1) is 5.92 Å². The van der Waals surface area contributed by atoms with Crippen LogP contribution in [0.15, 0.2) is 6.20 Å². The number of nitrogens with two attached hydrogens (primary N) is 1. The van der Waals surface area contributed by atoms with Crippen LogP contribution >= 0.6 is 0 Å². The number of anilines is 1. The number of hydrogen-bond acceptors (Lipinski definition) is 5. The number of aryl methyl sites for hydroxylation is 1.